The molecule has 7 heteroatoms. The van der Waals surface area contributed by atoms with E-state index in [-0.39, 0.29) is 11.7 Å². The molecule has 0 aliphatic rings. The van der Waals surface area contributed by atoms with Crippen molar-refractivity contribution in [1.29, 1.82) is 0 Å². The lowest BCUT2D eigenvalue weighted by atomic mass is 10.00. The van der Waals surface area contributed by atoms with Crippen molar-refractivity contribution in [3.63, 3.8) is 0 Å². The van der Waals surface area contributed by atoms with Gasteiger partial charge in [0.05, 0.1) is 18.0 Å². The number of hydrogen-bond acceptors (Lipinski definition) is 3. The molecule has 2 rings (SSSR count). The Hall–Kier alpha value is -2.41. The fraction of sp³-hybridized carbons (Fsp3) is 0.350. The quantitative estimate of drug-likeness (QED) is 0.819. The number of sulfonamides is 1. The number of carbonyl (C=O) groups is 1. The van der Waals surface area contributed by atoms with E-state index in [1.165, 1.54) is 25.1 Å². The zero-order valence-corrected chi connectivity index (χ0v) is 17.0. The highest BCUT2D eigenvalue weighted by Crippen LogP contribution is 2.25. The van der Waals surface area contributed by atoms with Crippen LogP contribution in [0.3, 0.4) is 0 Å². The number of carbonyl (C=O) groups excluding carboxylic acids is 1. The molecular formula is C20H25FN2O3S. The van der Waals surface area contributed by atoms with E-state index >= 15 is 0 Å². The lowest BCUT2D eigenvalue weighted by Crippen LogP contribution is -2.48. The Morgan fingerprint density at radius 1 is 1.11 bits per heavy atom. The molecule has 1 amide bonds. The third-order valence-electron chi connectivity index (χ3n) is 4.44. The first kappa shape index (κ1) is 20.9. The number of aryl methyl sites for hydroxylation is 2. The van der Waals surface area contributed by atoms with Crippen molar-refractivity contribution in [3.8, 4) is 0 Å². The van der Waals surface area contributed by atoms with Crippen molar-refractivity contribution in [3.05, 3.63) is 65.0 Å². The molecule has 1 N–H and O–H groups in total. The third kappa shape index (κ3) is 4.86. The molecule has 2 atom stereocenters. The van der Waals surface area contributed by atoms with Crippen LogP contribution in [0.15, 0.2) is 42.5 Å². The summed E-state index contributed by atoms with van der Waals surface area (Å²) in [6.45, 7) is 7.19. The van der Waals surface area contributed by atoms with Crippen LogP contribution in [0.2, 0.25) is 0 Å². The zero-order valence-electron chi connectivity index (χ0n) is 16.2. The molecule has 0 radical (unpaired) electrons. The molecule has 0 fully saturated rings. The van der Waals surface area contributed by atoms with Crippen molar-refractivity contribution in [2.24, 2.45) is 0 Å². The van der Waals surface area contributed by atoms with E-state index in [1.807, 2.05) is 39.0 Å². The van der Waals surface area contributed by atoms with Crippen LogP contribution in [0.5, 0.6) is 0 Å². The summed E-state index contributed by atoms with van der Waals surface area (Å²) in [7, 11) is -3.87. The molecular weight excluding hydrogens is 367 g/mol. The van der Waals surface area contributed by atoms with Gasteiger partial charge in [0.25, 0.3) is 0 Å². The first-order chi connectivity index (χ1) is 12.5. The highest BCUT2D eigenvalue weighted by molar-refractivity contribution is 7.92. The highest BCUT2D eigenvalue weighted by Gasteiger charge is 2.31. The fourth-order valence-electron chi connectivity index (χ4n) is 3.05. The van der Waals surface area contributed by atoms with Gasteiger partial charge < -0.3 is 5.32 Å². The molecule has 27 heavy (non-hydrogen) atoms. The SMILES string of the molecule is Cc1ccc(C)c(C(C)NC(=O)C(C)N(c2ccccc2F)S(C)(=O)=O)c1. The van der Waals surface area contributed by atoms with Gasteiger partial charge >= 0.3 is 0 Å². The maximum atomic E-state index is 14.2. The van der Waals surface area contributed by atoms with Gasteiger partial charge in [-0.3, -0.25) is 9.10 Å². The number of anilines is 1. The minimum Gasteiger partial charge on any atom is -0.348 e. The van der Waals surface area contributed by atoms with Gasteiger partial charge in [0.15, 0.2) is 0 Å². The molecule has 2 aromatic carbocycles. The van der Waals surface area contributed by atoms with Crippen LogP contribution in [0, 0.1) is 19.7 Å². The van der Waals surface area contributed by atoms with Gasteiger partial charge in [-0.2, -0.15) is 0 Å². The van der Waals surface area contributed by atoms with Crippen molar-refractivity contribution in [2.45, 2.75) is 39.8 Å². The van der Waals surface area contributed by atoms with E-state index in [4.69, 9.17) is 0 Å². The van der Waals surface area contributed by atoms with Crippen molar-refractivity contribution in [2.75, 3.05) is 10.6 Å². The van der Waals surface area contributed by atoms with E-state index in [0.717, 1.165) is 33.3 Å². The minimum absolute atomic E-state index is 0.151. The summed E-state index contributed by atoms with van der Waals surface area (Å²) in [6, 6.07) is 10.0. The van der Waals surface area contributed by atoms with E-state index in [2.05, 4.69) is 5.32 Å². The summed E-state index contributed by atoms with van der Waals surface area (Å²) in [5.41, 5.74) is 2.89. The van der Waals surface area contributed by atoms with Crippen LogP contribution in [0.4, 0.5) is 10.1 Å². The van der Waals surface area contributed by atoms with E-state index in [1.54, 1.807) is 0 Å². The predicted octanol–water partition coefficient (Wildman–Crippen LogP) is 3.47. The summed E-state index contributed by atoms with van der Waals surface area (Å²) in [6.07, 6.45) is 0.956. The molecule has 5 nitrogen and oxygen atoms in total. The van der Waals surface area contributed by atoms with E-state index < -0.39 is 27.8 Å². The second kappa shape index (κ2) is 8.08. The highest BCUT2D eigenvalue weighted by atomic mass is 32.2. The molecule has 2 aromatic rings. The average molecular weight is 392 g/mol. The number of rotatable bonds is 6. The number of para-hydroxylation sites is 1. The summed E-state index contributed by atoms with van der Waals surface area (Å²) in [5, 5.41) is 2.84. The van der Waals surface area contributed by atoms with Gasteiger partial charge in [0, 0.05) is 0 Å². The van der Waals surface area contributed by atoms with Crippen LogP contribution < -0.4 is 9.62 Å². The lowest BCUT2D eigenvalue weighted by molar-refractivity contribution is -0.122. The first-order valence-corrected chi connectivity index (χ1v) is 10.5. The number of amides is 1. The van der Waals surface area contributed by atoms with Crippen LogP contribution in [0.25, 0.3) is 0 Å². The Balaban J connectivity index is 2.30. The second-order valence-electron chi connectivity index (χ2n) is 6.78. The monoisotopic (exact) mass is 392 g/mol. The molecule has 0 aromatic heterocycles. The van der Waals surface area contributed by atoms with Gasteiger partial charge in [-0.1, -0.05) is 35.9 Å². The molecule has 0 spiro atoms. The van der Waals surface area contributed by atoms with Gasteiger partial charge in [0.2, 0.25) is 15.9 Å². The molecule has 0 aliphatic carbocycles. The summed E-state index contributed by atoms with van der Waals surface area (Å²) in [4.78, 5) is 12.8. The fourth-order valence-corrected chi connectivity index (χ4v) is 4.23. The summed E-state index contributed by atoms with van der Waals surface area (Å²) in [5.74, 6) is -1.21. The Bertz CT molecular complexity index is 944. The Labute approximate surface area is 160 Å². The molecule has 0 saturated carbocycles. The van der Waals surface area contributed by atoms with Crippen molar-refractivity contribution in [1.82, 2.24) is 5.32 Å². The Morgan fingerprint density at radius 3 is 2.33 bits per heavy atom. The van der Waals surface area contributed by atoms with Crippen LogP contribution in [0.1, 0.15) is 36.6 Å². The molecule has 0 bridgehead atoms. The smallest absolute Gasteiger partial charge is 0.244 e. The van der Waals surface area contributed by atoms with Crippen LogP contribution in [-0.4, -0.2) is 26.6 Å². The Kier molecular flexibility index (Phi) is 6.26. The summed E-state index contributed by atoms with van der Waals surface area (Å²) < 4.78 is 39.5. The normalized spacial score (nSPS) is 13.7. The minimum atomic E-state index is -3.87. The largest absolute Gasteiger partial charge is 0.348 e. The van der Waals surface area contributed by atoms with Gasteiger partial charge in [-0.05, 0) is 51.0 Å². The topological polar surface area (TPSA) is 66.5 Å². The van der Waals surface area contributed by atoms with Gasteiger partial charge in [-0.25, -0.2) is 12.8 Å². The molecule has 0 heterocycles. The van der Waals surface area contributed by atoms with Gasteiger partial charge in [0.1, 0.15) is 11.9 Å². The number of hydrogen-bond donors (Lipinski definition) is 1. The van der Waals surface area contributed by atoms with Crippen LogP contribution >= 0.6 is 0 Å². The lowest BCUT2D eigenvalue weighted by Gasteiger charge is -2.29. The summed E-state index contributed by atoms with van der Waals surface area (Å²) >= 11 is 0. The maximum absolute atomic E-state index is 14.2. The van der Waals surface area contributed by atoms with Crippen LogP contribution in [-0.2, 0) is 14.8 Å². The number of benzene rings is 2. The number of halogens is 1. The third-order valence-corrected chi connectivity index (χ3v) is 5.67. The van der Waals surface area contributed by atoms with E-state index in [9.17, 15) is 17.6 Å². The average Bonchev–Trinajstić information content (AvgIpc) is 2.57. The Morgan fingerprint density at radius 2 is 1.74 bits per heavy atom. The second-order valence-corrected chi connectivity index (χ2v) is 8.64. The van der Waals surface area contributed by atoms with Crippen molar-refractivity contribution < 1.29 is 17.6 Å². The van der Waals surface area contributed by atoms with Crippen molar-refractivity contribution >= 4 is 21.6 Å². The predicted molar refractivity (Wildman–Crippen MR) is 106 cm³/mol. The molecule has 2 unspecified atom stereocenters. The molecule has 0 aliphatic heterocycles. The molecule has 146 valence electrons. The number of nitrogens with zero attached hydrogens (tertiary/aromatic N) is 1. The van der Waals surface area contributed by atoms with E-state index in [0.29, 0.717) is 0 Å². The standard InChI is InChI=1S/C20H25FN2O3S/c1-13-10-11-14(2)17(12-13)15(3)22-20(24)16(4)23(27(5,25)26)19-9-7-6-8-18(19)21/h6-12,15-16H,1-5H3,(H,22,24). The van der Waals surface area contributed by atoms with Gasteiger partial charge in [-0.15, -0.1) is 0 Å². The maximum Gasteiger partial charge on any atom is 0.244 e. The first-order valence-electron chi connectivity index (χ1n) is 8.64. The zero-order chi connectivity index (χ0) is 20.4. The number of nitrogens with one attached hydrogen (secondary N) is 1. The molecule has 0 saturated heterocycles.